The Morgan fingerprint density at radius 3 is 2.60 bits per heavy atom. The lowest BCUT2D eigenvalue weighted by Gasteiger charge is -2.59. The van der Waals surface area contributed by atoms with E-state index in [9.17, 15) is 4.79 Å². The van der Waals surface area contributed by atoms with Gasteiger partial charge in [-0.2, -0.15) is 10.2 Å². The number of fused-ring (bicyclic) bond motifs is 1. The summed E-state index contributed by atoms with van der Waals surface area (Å²) in [5, 5.41) is 14.9. The Labute approximate surface area is 258 Å². The van der Waals surface area contributed by atoms with Gasteiger partial charge in [-0.3, -0.25) is 19.5 Å². The number of likely N-dealkylation sites (N-methyl/N-ethyl adjacent to an activating group) is 1. The molecule has 3 aliphatic heterocycles. The molecule has 1 N–H and O–H groups in total. The first kappa shape index (κ1) is 27.7. The number of nitrogens with one attached hydrogen (secondary N) is 1. The summed E-state index contributed by atoms with van der Waals surface area (Å²) in [5.74, 6) is 1.12. The molecule has 3 aromatic rings. The second-order valence-corrected chi connectivity index (χ2v) is 14.5. The highest BCUT2D eigenvalue weighted by molar-refractivity contribution is 6.36. The average Bonchev–Trinajstić information content (AvgIpc) is 3.49. The van der Waals surface area contributed by atoms with Crippen molar-refractivity contribution >= 4 is 34.2 Å². The molecule has 5 aliphatic rings. The first-order valence-electron chi connectivity index (χ1n) is 15.9. The van der Waals surface area contributed by atoms with E-state index >= 15 is 0 Å². The Kier molecular flexibility index (Phi) is 6.31. The summed E-state index contributed by atoms with van der Waals surface area (Å²) in [6.07, 6.45) is 11.4. The van der Waals surface area contributed by atoms with Gasteiger partial charge in [-0.1, -0.05) is 18.2 Å². The van der Waals surface area contributed by atoms with E-state index in [0.717, 1.165) is 97.0 Å². The Morgan fingerprint density at radius 1 is 1.19 bits per heavy atom. The molecule has 2 aliphatic carbocycles. The number of nitrogens with zero attached hydrogens (tertiary/aromatic N) is 6. The molecule has 3 saturated heterocycles. The Hall–Kier alpha value is -2.88. The number of aryl methyl sites for hydroxylation is 1. The number of H-pyrrole nitrogens is 1. The van der Waals surface area contributed by atoms with Crippen LogP contribution >= 0.6 is 11.6 Å². The van der Waals surface area contributed by atoms with Gasteiger partial charge in [0, 0.05) is 58.8 Å². The van der Waals surface area contributed by atoms with Crippen molar-refractivity contribution in [2.45, 2.75) is 82.5 Å². The third kappa shape index (κ3) is 4.07. The summed E-state index contributed by atoms with van der Waals surface area (Å²) in [6.45, 7) is 12.3. The van der Waals surface area contributed by atoms with Crippen molar-refractivity contribution in [2.75, 3.05) is 44.8 Å². The van der Waals surface area contributed by atoms with Crippen molar-refractivity contribution < 1.29 is 9.53 Å². The van der Waals surface area contributed by atoms with Gasteiger partial charge in [-0.15, -0.1) is 0 Å². The van der Waals surface area contributed by atoms with Crippen LogP contribution in [0.3, 0.4) is 0 Å². The van der Waals surface area contributed by atoms with E-state index < -0.39 is 0 Å². The summed E-state index contributed by atoms with van der Waals surface area (Å²) in [6, 6.07) is 3.51. The fourth-order valence-corrected chi connectivity index (χ4v) is 9.12. The number of benzene rings is 1. The van der Waals surface area contributed by atoms with Gasteiger partial charge in [0.1, 0.15) is 0 Å². The monoisotopic (exact) mass is 603 g/mol. The standard InChI is InChI=1S/C33H42ClN7O2/c1-5-27(42)39-18-32(19-39)12-23(13-32)41-21(3)28(29-25-15-35-36-26(25)11-20(2)30(29)34)31(37-41)40-10-7-22(14-33(40)8-6-9-33)38(4)24-16-43-17-24/h5,11,15,22-24H,1,6-10,12-14,16-19H2,2-4H3,(H,35,36). The molecule has 8 rings (SSSR count). The average molecular weight is 604 g/mol. The second kappa shape index (κ2) is 9.81. The van der Waals surface area contributed by atoms with Crippen molar-refractivity contribution in [3.8, 4) is 11.1 Å². The fraction of sp³-hybridized carbons (Fsp3) is 0.606. The molecule has 10 heteroatoms. The van der Waals surface area contributed by atoms with Gasteiger partial charge in [0.05, 0.1) is 42.0 Å². The first-order chi connectivity index (χ1) is 20.7. The number of carbonyl (C=O) groups is 1. The predicted molar refractivity (Wildman–Crippen MR) is 169 cm³/mol. The molecule has 2 aromatic heterocycles. The topological polar surface area (TPSA) is 82.5 Å². The summed E-state index contributed by atoms with van der Waals surface area (Å²) in [4.78, 5) is 19.3. The number of likely N-dealkylation sites (tertiary alicyclic amines) is 1. The van der Waals surface area contributed by atoms with E-state index in [2.05, 4.69) is 58.2 Å². The number of piperidine rings is 1. The lowest BCUT2D eigenvalue weighted by atomic mass is 9.60. The molecule has 1 aromatic carbocycles. The van der Waals surface area contributed by atoms with E-state index in [4.69, 9.17) is 21.4 Å². The minimum Gasteiger partial charge on any atom is -0.378 e. The van der Waals surface area contributed by atoms with Crippen LogP contribution < -0.4 is 4.90 Å². The molecule has 43 heavy (non-hydrogen) atoms. The maximum Gasteiger partial charge on any atom is 0.245 e. The van der Waals surface area contributed by atoms with Crippen molar-refractivity contribution in [1.82, 2.24) is 29.8 Å². The number of rotatable bonds is 6. The van der Waals surface area contributed by atoms with Crippen molar-refractivity contribution in [3.63, 3.8) is 0 Å². The number of amides is 1. The van der Waals surface area contributed by atoms with Gasteiger partial charge in [0.2, 0.25) is 5.91 Å². The number of aromatic amines is 1. The molecular weight excluding hydrogens is 562 g/mol. The largest absolute Gasteiger partial charge is 0.378 e. The minimum absolute atomic E-state index is 0.0387. The molecule has 2 saturated carbocycles. The van der Waals surface area contributed by atoms with Crippen molar-refractivity contribution in [1.29, 1.82) is 0 Å². The Balaban J connectivity index is 1.18. The quantitative estimate of drug-likeness (QED) is 0.387. The molecule has 9 nitrogen and oxygen atoms in total. The molecule has 2 spiro atoms. The third-order valence-corrected chi connectivity index (χ3v) is 12.1. The maximum absolute atomic E-state index is 12.1. The van der Waals surface area contributed by atoms with Gasteiger partial charge >= 0.3 is 0 Å². The van der Waals surface area contributed by atoms with E-state index in [1.54, 1.807) is 0 Å². The van der Waals surface area contributed by atoms with Gasteiger partial charge in [0.15, 0.2) is 5.82 Å². The van der Waals surface area contributed by atoms with Gasteiger partial charge in [-0.05, 0) is 83.5 Å². The van der Waals surface area contributed by atoms with E-state index in [-0.39, 0.29) is 16.9 Å². The normalized spacial score (nSPS) is 24.7. The summed E-state index contributed by atoms with van der Waals surface area (Å²) in [7, 11) is 2.29. The van der Waals surface area contributed by atoms with Gasteiger partial charge in [-0.25, -0.2) is 0 Å². The van der Waals surface area contributed by atoms with Crippen LogP contribution in [0.5, 0.6) is 0 Å². The van der Waals surface area contributed by atoms with Gasteiger partial charge in [0.25, 0.3) is 0 Å². The highest BCUT2D eigenvalue weighted by Crippen LogP contribution is 2.57. The molecule has 5 heterocycles. The van der Waals surface area contributed by atoms with Crippen LogP contribution in [0.2, 0.25) is 5.02 Å². The molecule has 1 atom stereocenters. The van der Waals surface area contributed by atoms with Crippen LogP contribution in [0.25, 0.3) is 22.0 Å². The summed E-state index contributed by atoms with van der Waals surface area (Å²) < 4.78 is 7.84. The van der Waals surface area contributed by atoms with Crippen LogP contribution in [0, 0.1) is 19.3 Å². The minimum atomic E-state index is 0.0387. The predicted octanol–water partition coefficient (Wildman–Crippen LogP) is 5.27. The number of halogens is 1. The molecule has 1 unspecified atom stereocenters. The number of hydrogen-bond acceptors (Lipinski definition) is 6. The number of ether oxygens (including phenoxy) is 1. The Morgan fingerprint density at radius 2 is 1.95 bits per heavy atom. The highest BCUT2D eigenvalue weighted by Gasteiger charge is 2.55. The lowest BCUT2D eigenvalue weighted by Crippen LogP contribution is -2.64. The van der Waals surface area contributed by atoms with Crippen LogP contribution in [-0.2, 0) is 9.53 Å². The van der Waals surface area contributed by atoms with Crippen LogP contribution in [0.15, 0.2) is 24.9 Å². The lowest BCUT2D eigenvalue weighted by molar-refractivity contribution is -0.149. The van der Waals surface area contributed by atoms with Crippen molar-refractivity contribution in [3.05, 3.63) is 41.2 Å². The summed E-state index contributed by atoms with van der Waals surface area (Å²) >= 11 is 7.20. The van der Waals surface area contributed by atoms with Crippen LogP contribution in [0.4, 0.5) is 5.82 Å². The number of anilines is 1. The molecule has 0 bridgehead atoms. The smallest absolute Gasteiger partial charge is 0.245 e. The Bertz CT molecular complexity index is 1600. The molecule has 5 fully saturated rings. The molecule has 1 amide bonds. The van der Waals surface area contributed by atoms with Gasteiger partial charge < -0.3 is 14.5 Å². The van der Waals surface area contributed by atoms with E-state index in [0.29, 0.717) is 18.1 Å². The van der Waals surface area contributed by atoms with Crippen LogP contribution in [0.1, 0.15) is 62.2 Å². The number of carbonyl (C=O) groups excluding carboxylic acids is 1. The van der Waals surface area contributed by atoms with Crippen LogP contribution in [-0.4, -0.2) is 93.2 Å². The van der Waals surface area contributed by atoms with E-state index in [1.807, 2.05) is 11.1 Å². The maximum atomic E-state index is 12.1. The number of aromatic nitrogens is 4. The SMILES string of the molecule is C=CC(=O)N1CC2(CC(n3nc(N4CCC(N(C)C5COC5)CC45CCC5)c(-c4c(Cl)c(C)cc5[nH]ncc45)c3C)C2)C1. The molecule has 0 radical (unpaired) electrons. The van der Waals surface area contributed by atoms with Crippen molar-refractivity contribution in [2.24, 2.45) is 5.41 Å². The third-order valence-electron chi connectivity index (χ3n) is 11.7. The molecule has 228 valence electrons. The second-order valence-electron chi connectivity index (χ2n) is 14.1. The van der Waals surface area contributed by atoms with E-state index in [1.165, 1.54) is 31.0 Å². The highest BCUT2D eigenvalue weighted by atomic mass is 35.5. The summed E-state index contributed by atoms with van der Waals surface area (Å²) in [5.41, 5.74) is 5.74. The first-order valence-corrected chi connectivity index (χ1v) is 16.3. The zero-order valence-electron chi connectivity index (χ0n) is 25.5. The fourth-order valence-electron chi connectivity index (χ4n) is 8.86. The molecular formula is C33H42ClN7O2. The zero-order chi connectivity index (χ0) is 29.7. The zero-order valence-corrected chi connectivity index (χ0v) is 26.3. The number of hydrogen-bond donors (Lipinski definition) is 1.